The Morgan fingerprint density at radius 3 is 2.87 bits per heavy atom. The zero-order valence-corrected chi connectivity index (χ0v) is 13.8. The van der Waals surface area contributed by atoms with Crippen molar-refractivity contribution in [2.75, 3.05) is 45.3 Å². The van der Waals surface area contributed by atoms with Crippen LogP contribution >= 0.6 is 0 Å². The number of urea groups is 1. The SMILES string of the molecule is CCOC1CCN(C(=O)Nc2cccnc2OCCOC)CC1. The van der Waals surface area contributed by atoms with E-state index in [4.69, 9.17) is 14.2 Å². The van der Waals surface area contributed by atoms with Gasteiger partial charge in [-0.2, -0.15) is 0 Å². The quantitative estimate of drug-likeness (QED) is 0.778. The number of methoxy groups -OCH3 is 1. The van der Waals surface area contributed by atoms with Gasteiger partial charge in [0.2, 0.25) is 5.88 Å². The van der Waals surface area contributed by atoms with Crippen LogP contribution in [-0.4, -0.2) is 62.0 Å². The third kappa shape index (κ3) is 5.37. The molecule has 2 amide bonds. The van der Waals surface area contributed by atoms with Gasteiger partial charge >= 0.3 is 6.03 Å². The number of carbonyl (C=O) groups is 1. The number of hydrogen-bond acceptors (Lipinski definition) is 5. The number of rotatable bonds is 7. The van der Waals surface area contributed by atoms with E-state index in [9.17, 15) is 4.79 Å². The van der Waals surface area contributed by atoms with Crippen molar-refractivity contribution >= 4 is 11.7 Å². The van der Waals surface area contributed by atoms with Crippen LogP contribution in [0.25, 0.3) is 0 Å². The van der Waals surface area contributed by atoms with E-state index in [1.54, 1.807) is 30.3 Å². The normalized spacial score (nSPS) is 15.5. The highest BCUT2D eigenvalue weighted by molar-refractivity contribution is 5.90. The highest BCUT2D eigenvalue weighted by Gasteiger charge is 2.23. The lowest BCUT2D eigenvalue weighted by Gasteiger charge is -2.31. The molecule has 0 radical (unpaired) electrons. The molecule has 0 aliphatic carbocycles. The molecule has 0 unspecified atom stereocenters. The number of anilines is 1. The number of pyridine rings is 1. The van der Waals surface area contributed by atoms with Crippen LogP contribution in [0.2, 0.25) is 0 Å². The summed E-state index contributed by atoms with van der Waals surface area (Å²) in [6.45, 7) is 4.94. The average Bonchev–Trinajstić information content (AvgIpc) is 2.57. The van der Waals surface area contributed by atoms with E-state index in [-0.39, 0.29) is 12.1 Å². The number of likely N-dealkylation sites (tertiary alicyclic amines) is 1. The third-order valence-corrected chi connectivity index (χ3v) is 3.67. The molecular weight excluding hydrogens is 298 g/mol. The van der Waals surface area contributed by atoms with Crippen molar-refractivity contribution in [2.45, 2.75) is 25.9 Å². The maximum absolute atomic E-state index is 12.4. The summed E-state index contributed by atoms with van der Waals surface area (Å²) in [6.07, 6.45) is 3.62. The summed E-state index contributed by atoms with van der Waals surface area (Å²) in [6, 6.07) is 3.41. The van der Waals surface area contributed by atoms with Gasteiger partial charge in [-0.1, -0.05) is 0 Å². The van der Waals surface area contributed by atoms with E-state index >= 15 is 0 Å². The van der Waals surface area contributed by atoms with Crippen LogP contribution in [0, 0.1) is 0 Å². The topological polar surface area (TPSA) is 72.9 Å². The van der Waals surface area contributed by atoms with E-state index in [0.717, 1.165) is 12.8 Å². The molecule has 0 atom stereocenters. The lowest BCUT2D eigenvalue weighted by molar-refractivity contribution is 0.0232. The minimum Gasteiger partial charge on any atom is -0.474 e. The second-order valence-corrected chi connectivity index (χ2v) is 5.27. The van der Waals surface area contributed by atoms with Crippen molar-refractivity contribution in [1.29, 1.82) is 0 Å². The van der Waals surface area contributed by atoms with Gasteiger partial charge in [-0.15, -0.1) is 0 Å². The molecule has 1 N–H and O–H groups in total. The Morgan fingerprint density at radius 1 is 1.39 bits per heavy atom. The molecule has 23 heavy (non-hydrogen) atoms. The monoisotopic (exact) mass is 323 g/mol. The maximum atomic E-state index is 12.4. The van der Waals surface area contributed by atoms with Crippen molar-refractivity contribution in [3.63, 3.8) is 0 Å². The largest absolute Gasteiger partial charge is 0.474 e. The lowest BCUT2D eigenvalue weighted by Crippen LogP contribution is -2.43. The average molecular weight is 323 g/mol. The molecule has 1 aliphatic heterocycles. The summed E-state index contributed by atoms with van der Waals surface area (Å²) in [5.41, 5.74) is 0.570. The van der Waals surface area contributed by atoms with Gasteiger partial charge < -0.3 is 24.4 Å². The summed E-state index contributed by atoms with van der Waals surface area (Å²) in [4.78, 5) is 18.3. The molecule has 0 aromatic carbocycles. The Labute approximate surface area is 136 Å². The van der Waals surface area contributed by atoms with Gasteiger partial charge in [0.15, 0.2) is 0 Å². The molecule has 128 valence electrons. The predicted octanol–water partition coefficient (Wildman–Crippen LogP) is 2.14. The Morgan fingerprint density at radius 2 is 2.17 bits per heavy atom. The molecule has 1 saturated heterocycles. The second kappa shape index (κ2) is 9.32. The second-order valence-electron chi connectivity index (χ2n) is 5.27. The van der Waals surface area contributed by atoms with Gasteiger partial charge in [-0.25, -0.2) is 9.78 Å². The van der Waals surface area contributed by atoms with Crippen molar-refractivity contribution in [1.82, 2.24) is 9.88 Å². The van der Waals surface area contributed by atoms with E-state index in [2.05, 4.69) is 10.3 Å². The van der Waals surface area contributed by atoms with Gasteiger partial charge in [0.25, 0.3) is 0 Å². The minimum atomic E-state index is -0.135. The first-order valence-electron chi connectivity index (χ1n) is 7.99. The molecule has 7 heteroatoms. The Bertz CT molecular complexity index is 490. The van der Waals surface area contributed by atoms with Crippen molar-refractivity contribution in [2.24, 2.45) is 0 Å². The van der Waals surface area contributed by atoms with E-state index < -0.39 is 0 Å². The fourth-order valence-corrected chi connectivity index (χ4v) is 2.48. The molecule has 0 spiro atoms. The summed E-state index contributed by atoms with van der Waals surface area (Å²) < 4.78 is 16.1. The number of nitrogens with zero attached hydrogens (tertiary/aromatic N) is 2. The molecule has 2 heterocycles. The molecule has 2 rings (SSSR count). The molecular formula is C16H25N3O4. The number of nitrogens with one attached hydrogen (secondary N) is 1. The highest BCUT2D eigenvalue weighted by atomic mass is 16.5. The molecule has 1 aromatic rings. The molecule has 1 aromatic heterocycles. The van der Waals surface area contributed by atoms with E-state index in [1.165, 1.54) is 0 Å². The van der Waals surface area contributed by atoms with Gasteiger partial charge in [0.05, 0.1) is 12.7 Å². The van der Waals surface area contributed by atoms with Crippen LogP contribution in [0.1, 0.15) is 19.8 Å². The number of ether oxygens (including phenoxy) is 3. The molecule has 1 aliphatic rings. The van der Waals surface area contributed by atoms with E-state index in [0.29, 0.717) is 44.5 Å². The molecule has 0 bridgehead atoms. The van der Waals surface area contributed by atoms with Crippen LogP contribution in [0.3, 0.4) is 0 Å². The van der Waals surface area contributed by atoms with Crippen LogP contribution in [-0.2, 0) is 9.47 Å². The number of piperidine rings is 1. The fourth-order valence-electron chi connectivity index (χ4n) is 2.48. The first kappa shape index (κ1) is 17.5. The van der Waals surface area contributed by atoms with Gasteiger partial charge in [0, 0.05) is 33.0 Å². The smallest absolute Gasteiger partial charge is 0.321 e. The predicted molar refractivity (Wildman–Crippen MR) is 86.8 cm³/mol. The molecule has 1 fully saturated rings. The van der Waals surface area contributed by atoms with Crippen molar-refractivity contribution in [3.8, 4) is 5.88 Å². The van der Waals surface area contributed by atoms with Crippen molar-refractivity contribution in [3.05, 3.63) is 18.3 Å². The standard InChI is InChI=1S/C16H25N3O4/c1-3-22-13-6-9-19(10-7-13)16(20)18-14-5-4-8-17-15(14)23-12-11-21-2/h4-5,8,13H,3,6-7,9-12H2,1-2H3,(H,18,20). The Hall–Kier alpha value is -1.86. The third-order valence-electron chi connectivity index (χ3n) is 3.67. The van der Waals surface area contributed by atoms with Gasteiger partial charge in [-0.3, -0.25) is 0 Å². The number of aromatic nitrogens is 1. The Kier molecular flexibility index (Phi) is 7.09. The van der Waals surface area contributed by atoms with Gasteiger partial charge in [0.1, 0.15) is 12.3 Å². The van der Waals surface area contributed by atoms with Crippen LogP contribution in [0.5, 0.6) is 5.88 Å². The summed E-state index contributed by atoms with van der Waals surface area (Å²) in [7, 11) is 1.61. The zero-order valence-electron chi connectivity index (χ0n) is 13.8. The molecule has 0 saturated carbocycles. The van der Waals surface area contributed by atoms with Crippen LogP contribution in [0.15, 0.2) is 18.3 Å². The first-order chi connectivity index (χ1) is 11.2. The number of amides is 2. The first-order valence-corrected chi connectivity index (χ1v) is 7.99. The molecule has 7 nitrogen and oxygen atoms in total. The summed E-state index contributed by atoms with van der Waals surface area (Å²) >= 11 is 0. The Balaban J connectivity index is 1.88. The van der Waals surface area contributed by atoms with Gasteiger partial charge in [-0.05, 0) is 31.9 Å². The highest BCUT2D eigenvalue weighted by Crippen LogP contribution is 2.22. The lowest BCUT2D eigenvalue weighted by atomic mass is 10.1. The van der Waals surface area contributed by atoms with Crippen molar-refractivity contribution < 1.29 is 19.0 Å². The van der Waals surface area contributed by atoms with Crippen LogP contribution < -0.4 is 10.1 Å². The minimum absolute atomic E-state index is 0.135. The van der Waals surface area contributed by atoms with Crippen LogP contribution in [0.4, 0.5) is 10.5 Å². The van der Waals surface area contributed by atoms with E-state index in [1.807, 2.05) is 6.92 Å². The fraction of sp³-hybridized carbons (Fsp3) is 0.625. The number of carbonyl (C=O) groups excluding carboxylic acids is 1. The zero-order chi connectivity index (χ0) is 16.5. The summed E-state index contributed by atoms with van der Waals surface area (Å²) in [5.74, 6) is 0.405. The maximum Gasteiger partial charge on any atom is 0.321 e. The summed E-state index contributed by atoms with van der Waals surface area (Å²) in [5, 5.41) is 2.87. The number of hydrogen-bond donors (Lipinski definition) is 1.